The van der Waals surface area contributed by atoms with Gasteiger partial charge < -0.3 is 32.9 Å². The van der Waals surface area contributed by atoms with Crippen molar-refractivity contribution in [1.29, 1.82) is 0 Å². The molecule has 1 radical (unpaired) electrons. The van der Waals surface area contributed by atoms with E-state index in [9.17, 15) is 0 Å². The molecule has 11 heavy (non-hydrogen) atoms. The average Bonchev–Trinajstić information content (AvgIpc) is 0. The minimum Gasteiger partial charge on any atom is 2.00 e. The number of hydrogen-bond acceptors (Lipinski definition) is 0. The molecule has 0 aliphatic heterocycles. The summed E-state index contributed by atoms with van der Waals surface area (Å²) in [6.07, 6.45) is 0. The summed E-state index contributed by atoms with van der Waals surface area (Å²) in [6, 6.07) is 0. The first-order chi connectivity index (χ1) is 0. The van der Waals surface area contributed by atoms with Gasteiger partial charge >= 0.3 is 77.5 Å². The van der Waals surface area contributed by atoms with Crippen molar-refractivity contribution in [3.8, 4) is 0 Å². The van der Waals surface area contributed by atoms with E-state index in [2.05, 4.69) is 0 Å². The molecule has 73 valence electrons. The molecule has 6 nitrogen and oxygen atoms in total. The van der Waals surface area contributed by atoms with Gasteiger partial charge in [0.25, 0.3) is 0 Å². The van der Waals surface area contributed by atoms with Crippen LogP contribution in [-0.4, -0.2) is 51.9 Å². The summed E-state index contributed by atoms with van der Waals surface area (Å²) >= 11 is 0. The van der Waals surface area contributed by atoms with Crippen molar-refractivity contribution in [2.24, 2.45) is 0 Å². The monoisotopic (exact) mass is 463 g/mol. The predicted octanol–water partition coefficient (Wildman–Crippen LogP) is -3.31. The van der Waals surface area contributed by atoms with Crippen molar-refractivity contribution < 1.29 is 69.4 Å². The van der Waals surface area contributed by atoms with Crippen LogP contribution in [0.25, 0.3) is 0 Å². The van der Waals surface area contributed by atoms with Crippen molar-refractivity contribution >= 4 is 54.5 Å². The van der Waals surface area contributed by atoms with Crippen LogP contribution in [0.1, 0.15) is 0 Å². The third-order valence-corrected chi connectivity index (χ3v) is 0. The molecule has 0 aromatic heterocycles. The summed E-state index contributed by atoms with van der Waals surface area (Å²) in [4.78, 5) is 0. The second-order valence-corrected chi connectivity index (χ2v) is 0. The van der Waals surface area contributed by atoms with E-state index in [0.717, 1.165) is 0 Å². The zero-order valence-corrected chi connectivity index (χ0v) is 15.0. The van der Waals surface area contributed by atoms with Crippen LogP contribution in [0.4, 0.5) is 0 Å². The molecule has 0 aromatic carbocycles. The van der Waals surface area contributed by atoms with Gasteiger partial charge in [-0.05, 0) is 0 Å². The molecule has 11 heteroatoms. The minimum atomic E-state index is 0. The maximum atomic E-state index is 0. The van der Waals surface area contributed by atoms with Crippen molar-refractivity contribution in [3.63, 3.8) is 0 Å². The quantitative estimate of drug-likeness (QED) is 0.328. The molecule has 0 saturated carbocycles. The van der Waals surface area contributed by atoms with Gasteiger partial charge in [0, 0.05) is 0 Å². The molecule has 0 aliphatic carbocycles. The van der Waals surface area contributed by atoms with E-state index in [1.165, 1.54) is 0 Å². The Labute approximate surface area is 123 Å². The topological polar surface area (TPSA) is 177 Å². The van der Waals surface area contributed by atoms with Crippen molar-refractivity contribution in [2.45, 2.75) is 0 Å². The smallest absolute Gasteiger partial charge is 2.00 e. The Balaban J connectivity index is 0. The Morgan fingerprint density at radius 1 is 0.636 bits per heavy atom. The molecule has 0 spiro atoms. The van der Waals surface area contributed by atoms with E-state index in [1.807, 2.05) is 0 Å². The van der Waals surface area contributed by atoms with Gasteiger partial charge in [-0.1, -0.05) is 0 Å². The van der Waals surface area contributed by atoms with E-state index in [-0.39, 0.29) is 124 Å². The predicted molar refractivity (Wildman–Crippen MR) is 34.7 cm³/mol. The Kier molecular flexibility index (Phi) is 7510. The Morgan fingerprint density at radius 3 is 0.636 bits per heavy atom. The van der Waals surface area contributed by atoms with Crippen LogP contribution < -0.4 is 0 Å². The van der Waals surface area contributed by atoms with E-state index in [4.69, 9.17) is 0 Å². The summed E-state index contributed by atoms with van der Waals surface area (Å²) in [6.45, 7) is 0. The molecule has 0 unspecified atom stereocenters. The standard InChI is InChI=1S/Cu.2H2O.4O.H2S.H2Se.Sn.Zn/h;2*1H2;;;;;2*1H2;;/q+2;;;4*-2;;;+4;+2. The van der Waals surface area contributed by atoms with Gasteiger partial charge in [-0.3, -0.25) is 0 Å². The Hall–Kier alpha value is 2.57. The van der Waals surface area contributed by atoms with Gasteiger partial charge in [0.15, 0.2) is 0 Å². The van der Waals surface area contributed by atoms with E-state index >= 15 is 0 Å². The molecule has 0 rings (SSSR count). The first kappa shape index (κ1) is 324. The normalized spacial score (nSPS) is 0. The second-order valence-electron chi connectivity index (χ2n) is 0. The number of rotatable bonds is 0. The molecule has 0 aliphatic rings. The van der Waals surface area contributed by atoms with Gasteiger partial charge in [-0.15, -0.1) is 0 Å². The van der Waals surface area contributed by atoms with Crippen LogP contribution >= 0.6 is 13.5 Å². The molecule has 0 amide bonds. The molecular formula is H8CuO6SSeSnZn. The SMILES string of the molecule is O.O.S.[Cu+2].[O-2].[O-2].[O-2].[O-2].[SeH2].[Sn+4].[Zn+2]. The van der Waals surface area contributed by atoms with Crippen molar-refractivity contribution in [1.82, 2.24) is 0 Å². The van der Waals surface area contributed by atoms with Gasteiger partial charge in [0.2, 0.25) is 0 Å². The molecule has 0 atom stereocenters. The summed E-state index contributed by atoms with van der Waals surface area (Å²) in [7, 11) is 0. The van der Waals surface area contributed by atoms with Gasteiger partial charge in [-0.25, -0.2) is 0 Å². The fourth-order valence-electron chi connectivity index (χ4n) is 0. The number of hydrogen-bond donors (Lipinski definition) is 0. The van der Waals surface area contributed by atoms with Crippen molar-refractivity contribution in [3.05, 3.63) is 0 Å². The fourth-order valence-corrected chi connectivity index (χ4v) is 0. The van der Waals surface area contributed by atoms with Crippen LogP contribution in [0.5, 0.6) is 0 Å². The van der Waals surface area contributed by atoms with Crippen LogP contribution in [0, 0.1) is 0 Å². The molecular weight excluding hydrogens is 455 g/mol. The molecule has 0 saturated heterocycles. The summed E-state index contributed by atoms with van der Waals surface area (Å²) in [5.41, 5.74) is 0. The maximum Gasteiger partial charge on any atom is 4.00 e. The Bertz CT molecular complexity index is 22.5. The molecule has 0 heterocycles. The van der Waals surface area contributed by atoms with Crippen LogP contribution in [-0.2, 0) is 58.5 Å². The maximum absolute atomic E-state index is 0. The van der Waals surface area contributed by atoms with Crippen LogP contribution in [0.15, 0.2) is 0 Å². The zero-order chi connectivity index (χ0) is 0. The summed E-state index contributed by atoms with van der Waals surface area (Å²) in [5, 5.41) is 0. The second kappa shape index (κ2) is 255. The fraction of sp³-hybridized carbons (Fsp3) is 0. The zero-order valence-electron chi connectivity index (χ0n) is 5.14. The third kappa shape index (κ3) is 213. The third-order valence-electron chi connectivity index (χ3n) is 0. The Morgan fingerprint density at radius 2 is 0.636 bits per heavy atom. The molecule has 0 bridgehead atoms. The van der Waals surface area contributed by atoms with E-state index in [0.29, 0.717) is 0 Å². The van der Waals surface area contributed by atoms with Crippen LogP contribution in [0.3, 0.4) is 0 Å². The summed E-state index contributed by atoms with van der Waals surface area (Å²) in [5.74, 6) is 0. The van der Waals surface area contributed by atoms with Crippen molar-refractivity contribution in [2.75, 3.05) is 0 Å². The molecule has 4 N–H and O–H groups in total. The first-order valence-electron chi connectivity index (χ1n) is 0. The van der Waals surface area contributed by atoms with E-state index < -0.39 is 0 Å². The molecule has 0 aromatic rings. The van der Waals surface area contributed by atoms with Gasteiger partial charge in [0.05, 0.1) is 0 Å². The van der Waals surface area contributed by atoms with Gasteiger partial charge in [0.1, 0.15) is 0 Å². The minimum absolute atomic E-state index is 0. The van der Waals surface area contributed by atoms with E-state index in [1.54, 1.807) is 0 Å². The largest absolute Gasteiger partial charge is 4.00 e. The van der Waals surface area contributed by atoms with Gasteiger partial charge in [-0.2, -0.15) is 13.5 Å². The first-order valence-corrected chi connectivity index (χ1v) is 0. The molecule has 0 fully saturated rings. The average molecular weight is 463 g/mol. The summed E-state index contributed by atoms with van der Waals surface area (Å²) < 4.78 is 0. The van der Waals surface area contributed by atoms with Crippen LogP contribution in [0.2, 0.25) is 0 Å².